The van der Waals surface area contributed by atoms with Crippen LogP contribution in [0.25, 0.3) is 0 Å². The fourth-order valence-corrected chi connectivity index (χ4v) is 4.57. The van der Waals surface area contributed by atoms with Crippen molar-refractivity contribution in [1.29, 1.82) is 0 Å². The van der Waals surface area contributed by atoms with Gasteiger partial charge in [-0.25, -0.2) is 4.98 Å². The van der Waals surface area contributed by atoms with E-state index < -0.39 is 0 Å². The van der Waals surface area contributed by atoms with E-state index in [9.17, 15) is 4.79 Å². The molecule has 0 bridgehead atoms. The van der Waals surface area contributed by atoms with Gasteiger partial charge >= 0.3 is 0 Å². The number of nitrogens with zero attached hydrogens (tertiary/aromatic N) is 3. The maximum absolute atomic E-state index is 12.8. The molecule has 2 heterocycles. The third kappa shape index (κ3) is 5.14. The smallest absolute Gasteiger partial charge is 0.258 e. The van der Waals surface area contributed by atoms with Crippen molar-refractivity contribution in [3.8, 4) is 0 Å². The van der Waals surface area contributed by atoms with E-state index in [-0.39, 0.29) is 5.91 Å². The molecule has 2 aromatic carbocycles. The highest BCUT2D eigenvalue weighted by Crippen LogP contribution is 2.27. The molecule has 8 heteroatoms. The standard InChI is InChI=1S/C22H20N4O2S2/c1-14-7-9-16(10-8-14)11-17-12-23-22(30-17)25-21(27)18-5-3-4-6-19(18)29-13-20-24-15(2)26-28-20/h3-10,12H,11,13H2,1-2H3,(H,23,25,27). The Balaban J connectivity index is 1.41. The molecular formula is C22H20N4O2S2. The molecule has 1 N–H and O–H groups in total. The fourth-order valence-electron chi connectivity index (χ4n) is 2.84. The van der Waals surface area contributed by atoms with Gasteiger partial charge in [0.25, 0.3) is 5.91 Å². The normalized spacial score (nSPS) is 10.9. The molecule has 0 fully saturated rings. The minimum Gasteiger partial charge on any atom is -0.338 e. The SMILES string of the molecule is Cc1ccc(Cc2cnc(NC(=O)c3ccccc3SCc3nc(C)no3)s2)cc1. The zero-order valence-corrected chi connectivity index (χ0v) is 18.2. The van der Waals surface area contributed by atoms with Crippen molar-refractivity contribution < 1.29 is 9.32 Å². The molecule has 30 heavy (non-hydrogen) atoms. The summed E-state index contributed by atoms with van der Waals surface area (Å²) in [4.78, 5) is 23.4. The third-order valence-corrected chi connectivity index (χ3v) is 6.30. The minimum atomic E-state index is -0.184. The number of aromatic nitrogens is 3. The van der Waals surface area contributed by atoms with Gasteiger partial charge in [0.2, 0.25) is 5.89 Å². The Labute approximate surface area is 182 Å². The van der Waals surface area contributed by atoms with E-state index in [1.807, 2.05) is 24.4 Å². The monoisotopic (exact) mass is 436 g/mol. The number of hydrogen-bond acceptors (Lipinski definition) is 7. The maximum atomic E-state index is 12.8. The molecule has 152 valence electrons. The summed E-state index contributed by atoms with van der Waals surface area (Å²) in [5.41, 5.74) is 3.05. The van der Waals surface area contributed by atoms with Gasteiger partial charge in [0.1, 0.15) is 0 Å². The second kappa shape index (κ2) is 9.23. The van der Waals surface area contributed by atoms with Crippen LogP contribution in [-0.2, 0) is 12.2 Å². The van der Waals surface area contributed by atoms with Gasteiger partial charge in [-0.05, 0) is 31.5 Å². The van der Waals surface area contributed by atoms with Crippen LogP contribution < -0.4 is 5.32 Å². The molecule has 0 aliphatic heterocycles. The molecule has 0 aliphatic rings. The summed E-state index contributed by atoms with van der Waals surface area (Å²) in [6.45, 7) is 3.85. The number of aryl methyl sites for hydroxylation is 2. The summed E-state index contributed by atoms with van der Waals surface area (Å²) in [6, 6.07) is 15.9. The number of benzene rings is 2. The zero-order chi connectivity index (χ0) is 20.9. The Morgan fingerprint density at radius 1 is 1.13 bits per heavy atom. The molecule has 0 aliphatic carbocycles. The van der Waals surface area contributed by atoms with Crippen LogP contribution in [0.1, 0.15) is 38.1 Å². The van der Waals surface area contributed by atoms with Crippen molar-refractivity contribution in [2.45, 2.75) is 30.9 Å². The lowest BCUT2D eigenvalue weighted by Gasteiger charge is -2.07. The van der Waals surface area contributed by atoms with E-state index >= 15 is 0 Å². The quantitative estimate of drug-likeness (QED) is 0.397. The highest BCUT2D eigenvalue weighted by Gasteiger charge is 2.15. The Morgan fingerprint density at radius 2 is 1.93 bits per heavy atom. The second-order valence-electron chi connectivity index (χ2n) is 6.77. The summed E-state index contributed by atoms with van der Waals surface area (Å²) in [5, 5.41) is 7.31. The number of thiazole rings is 1. The van der Waals surface area contributed by atoms with Gasteiger partial charge in [-0.3, -0.25) is 10.1 Å². The predicted molar refractivity (Wildman–Crippen MR) is 119 cm³/mol. The number of nitrogens with one attached hydrogen (secondary N) is 1. The molecule has 0 radical (unpaired) electrons. The second-order valence-corrected chi connectivity index (χ2v) is 8.90. The molecular weight excluding hydrogens is 416 g/mol. The highest BCUT2D eigenvalue weighted by molar-refractivity contribution is 7.98. The van der Waals surface area contributed by atoms with Crippen LogP contribution in [-0.4, -0.2) is 21.0 Å². The summed E-state index contributed by atoms with van der Waals surface area (Å²) in [6.07, 6.45) is 2.61. The fraction of sp³-hybridized carbons (Fsp3) is 0.182. The molecule has 6 nitrogen and oxygen atoms in total. The lowest BCUT2D eigenvalue weighted by molar-refractivity contribution is 0.102. The first-order valence-corrected chi connectivity index (χ1v) is 11.2. The molecule has 0 saturated heterocycles. The van der Waals surface area contributed by atoms with Gasteiger partial charge in [0.15, 0.2) is 11.0 Å². The summed E-state index contributed by atoms with van der Waals surface area (Å²) < 4.78 is 5.15. The van der Waals surface area contributed by atoms with Crippen LogP contribution in [0, 0.1) is 13.8 Å². The summed E-state index contributed by atoms with van der Waals surface area (Å²) in [7, 11) is 0. The molecule has 0 unspecified atom stereocenters. The molecule has 1 amide bonds. The van der Waals surface area contributed by atoms with Crippen molar-refractivity contribution >= 4 is 34.1 Å². The van der Waals surface area contributed by atoms with E-state index in [1.165, 1.54) is 34.2 Å². The number of carbonyl (C=O) groups is 1. The maximum Gasteiger partial charge on any atom is 0.258 e. The van der Waals surface area contributed by atoms with Crippen LogP contribution in [0.2, 0.25) is 0 Å². The molecule has 0 spiro atoms. The summed E-state index contributed by atoms with van der Waals surface area (Å²) >= 11 is 2.98. The molecule has 0 saturated carbocycles. The Hall–Kier alpha value is -2.97. The van der Waals surface area contributed by atoms with Crippen molar-refractivity contribution in [2.24, 2.45) is 0 Å². The van der Waals surface area contributed by atoms with Crippen LogP contribution in [0.3, 0.4) is 0 Å². The third-order valence-electron chi connectivity index (χ3n) is 4.33. The highest BCUT2D eigenvalue weighted by atomic mass is 32.2. The Morgan fingerprint density at radius 3 is 2.70 bits per heavy atom. The van der Waals surface area contributed by atoms with Crippen molar-refractivity contribution in [3.05, 3.63) is 88.0 Å². The Kier molecular flexibility index (Phi) is 6.25. The summed E-state index contributed by atoms with van der Waals surface area (Å²) in [5.74, 6) is 1.45. The van der Waals surface area contributed by atoms with E-state index in [0.717, 1.165) is 16.2 Å². The molecule has 2 aromatic heterocycles. The first-order chi connectivity index (χ1) is 14.6. The number of anilines is 1. The minimum absolute atomic E-state index is 0.184. The van der Waals surface area contributed by atoms with E-state index in [0.29, 0.717) is 28.2 Å². The van der Waals surface area contributed by atoms with Crippen molar-refractivity contribution in [3.63, 3.8) is 0 Å². The van der Waals surface area contributed by atoms with Gasteiger partial charge < -0.3 is 4.52 Å². The number of hydrogen-bond donors (Lipinski definition) is 1. The van der Waals surface area contributed by atoms with Crippen LogP contribution in [0.15, 0.2) is 64.1 Å². The van der Waals surface area contributed by atoms with Gasteiger partial charge in [-0.2, -0.15) is 4.98 Å². The van der Waals surface area contributed by atoms with E-state index in [1.54, 1.807) is 13.0 Å². The van der Waals surface area contributed by atoms with Gasteiger partial charge in [0.05, 0.1) is 11.3 Å². The van der Waals surface area contributed by atoms with Gasteiger partial charge in [-0.15, -0.1) is 23.1 Å². The number of thioether (sulfide) groups is 1. The van der Waals surface area contributed by atoms with Crippen molar-refractivity contribution in [1.82, 2.24) is 15.1 Å². The first-order valence-electron chi connectivity index (χ1n) is 9.39. The predicted octanol–water partition coefficient (Wildman–Crippen LogP) is 5.28. The zero-order valence-electron chi connectivity index (χ0n) is 16.6. The average Bonchev–Trinajstić information content (AvgIpc) is 3.37. The number of carbonyl (C=O) groups excluding carboxylic acids is 1. The molecule has 4 rings (SSSR count). The van der Waals surface area contributed by atoms with Gasteiger partial charge in [0, 0.05) is 22.4 Å². The van der Waals surface area contributed by atoms with Gasteiger partial charge in [-0.1, -0.05) is 47.1 Å². The topological polar surface area (TPSA) is 80.9 Å². The number of rotatable bonds is 7. The van der Waals surface area contributed by atoms with Crippen LogP contribution in [0.5, 0.6) is 0 Å². The van der Waals surface area contributed by atoms with Crippen molar-refractivity contribution in [2.75, 3.05) is 5.32 Å². The largest absolute Gasteiger partial charge is 0.338 e. The van der Waals surface area contributed by atoms with E-state index in [4.69, 9.17) is 4.52 Å². The molecule has 0 atom stereocenters. The average molecular weight is 437 g/mol. The van der Waals surface area contributed by atoms with E-state index in [2.05, 4.69) is 51.6 Å². The Bertz CT molecular complexity index is 1150. The first kappa shape index (κ1) is 20.3. The number of amides is 1. The lowest BCUT2D eigenvalue weighted by Crippen LogP contribution is -2.12. The van der Waals surface area contributed by atoms with Crippen LogP contribution >= 0.6 is 23.1 Å². The molecule has 4 aromatic rings. The lowest BCUT2D eigenvalue weighted by atomic mass is 10.1. The van der Waals surface area contributed by atoms with Crippen LogP contribution in [0.4, 0.5) is 5.13 Å².